The topological polar surface area (TPSA) is 118 Å². The van der Waals surface area contributed by atoms with Gasteiger partial charge < -0.3 is 4.74 Å². The zero-order valence-electron chi connectivity index (χ0n) is 15.5. The molecule has 158 valence electrons. The minimum atomic E-state index is -4.24. The second-order valence-electron chi connectivity index (χ2n) is 6.33. The van der Waals surface area contributed by atoms with Crippen LogP contribution in [0.1, 0.15) is 11.1 Å². The van der Waals surface area contributed by atoms with Crippen LogP contribution in [0.3, 0.4) is 0 Å². The van der Waals surface area contributed by atoms with Crippen molar-refractivity contribution in [3.8, 4) is 0 Å². The molecule has 0 saturated heterocycles. The van der Waals surface area contributed by atoms with Crippen LogP contribution in [0.5, 0.6) is 0 Å². The summed E-state index contributed by atoms with van der Waals surface area (Å²) in [6.07, 6.45) is 3.34. The molecular formula is C20H23NaO7S2. The molecular weight excluding hydrogens is 439 g/mol. The number of hydrogen-bond donors (Lipinski definition) is 2. The van der Waals surface area contributed by atoms with Crippen LogP contribution in [0.25, 0.3) is 0 Å². The summed E-state index contributed by atoms with van der Waals surface area (Å²) < 4.78 is 68.5. The summed E-state index contributed by atoms with van der Waals surface area (Å²) in [5.74, 6) is 0. The number of benzene rings is 2. The maximum absolute atomic E-state index is 11.1. The van der Waals surface area contributed by atoms with E-state index in [1.165, 1.54) is 24.3 Å². The van der Waals surface area contributed by atoms with Crippen molar-refractivity contribution in [3.05, 3.63) is 85.0 Å². The molecule has 2 atom stereocenters. The van der Waals surface area contributed by atoms with E-state index in [2.05, 4.69) is 13.2 Å². The first-order valence-electron chi connectivity index (χ1n) is 8.56. The van der Waals surface area contributed by atoms with Crippen molar-refractivity contribution in [3.63, 3.8) is 0 Å². The summed E-state index contributed by atoms with van der Waals surface area (Å²) in [5.41, 5.74) is 1.59. The maximum atomic E-state index is 11.1. The van der Waals surface area contributed by atoms with Crippen molar-refractivity contribution in [2.45, 2.75) is 34.8 Å². The SMILES string of the molecule is C=CC(Cc1ccc(S(=O)(=O)O)cc1)OC(C=C)Cc1ccc(S(=O)(=O)O)cc1.[NaH]. The van der Waals surface area contributed by atoms with Gasteiger partial charge in [0.05, 0.1) is 22.0 Å². The van der Waals surface area contributed by atoms with Gasteiger partial charge in [-0.15, -0.1) is 13.2 Å². The Morgan fingerprint density at radius 2 is 1.03 bits per heavy atom. The fourth-order valence-electron chi connectivity index (χ4n) is 2.66. The molecule has 0 radical (unpaired) electrons. The Labute approximate surface area is 199 Å². The predicted molar refractivity (Wildman–Crippen MR) is 116 cm³/mol. The number of ether oxygens (including phenoxy) is 1. The van der Waals surface area contributed by atoms with E-state index in [4.69, 9.17) is 13.8 Å². The summed E-state index contributed by atoms with van der Waals surface area (Å²) >= 11 is 0. The molecule has 7 nitrogen and oxygen atoms in total. The van der Waals surface area contributed by atoms with Crippen LogP contribution in [0.15, 0.2) is 83.6 Å². The van der Waals surface area contributed by atoms with E-state index < -0.39 is 20.2 Å². The van der Waals surface area contributed by atoms with Crippen LogP contribution >= 0.6 is 0 Å². The Kier molecular flexibility index (Phi) is 10.1. The van der Waals surface area contributed by atoms with Gasteiger partial charge in [0, 0.05) is 12.8 Å². The molecule has 0 aliphatic rings. The summed E-state index contributed by atoms with van der Waals surface area (Å²) in [6, 6.07) is 11.6. The monoisotopic (exact) mass is 462 g/mol. The summed E-state index contributed by atoms with van der Waals surface area (Å²) in [5, 5.41) is 0. The first kappa shape index (κ1) is 26.7. The van der Waals surface area contributed by atoms with Gasteiger partial charge in [-0.3, -0.25) is 9.11 Å². The van der Waals surface area contributed by atoms with E-state index in [1.807, 2.05) is 0 Å². The molecule has 2 aromatic rings. The predicted octanol–water partition coefficient (Wildman–Crippen LogP) is 2.44. The quantitative estimate of drug-likeness (QED) is 0.316. The van der Waals surface area contributed by atoms with Crippen molar-refractivity contribution in [1.29, 1.82) is 0 Å². The Bertz CT molecular complexity index is 974. The van der Waals surface area contributed by atoms with E-state index in [0.717, 1.165) is 11.1 Å². The van der Waals surface area contributed by atoms with Gasteiger partial charge >= 0.3 is 29.6 Å². The van der Waals surface area contributed by atoms with Gasteiger partial charge in [-0.25, -0.2) is 0 Å². The third-order valence-electron chi connectivity index (χ3n) is 4.19. The van der Waals surface area contributed by atoms with Gasteiger partial charge in [-0.05, 0) is 35.4 Å². The fraction of sp³-hybridized carbons (Fsp3) is 0.200. The van der Waals surface area contributed by atoms with Crippen LogP contribution < -0.4 is 0 Å². The summed E-state index contributed by atoms with van der Waals surface area (Å²) in [4.78, 5) is -0.371. The normalized spacial score (nSPS) is 13.7. The van der Waals surface area contributed by atoms with E-state index >= 15 is 0 Å². The molecule has 0 aliphatic heterocycles. The molecule has 30 heavy (non-hydrogen) atoms. The Hall–Kier alpha value is -1.30. The third kappa shape index (κ3) is 8.09. The molecule has 0 amide bonds. The van der Waals surface area contributed by atoms with E-state index in [9.17, 15) is 16.8 Å². The van der Waals surface area contributed by atoms with E-state index in [1.54, 1.807) is 36.4 Å². The van der Waals surface area contributed by atoms with Crippen LogP contribution in [-0.2, 0) is 37.8 Å². The molecule has 0 aromatic heterocycles. The number of rotatable bonds is 10. The van der Waals surface area contributed by atoms with Gasteiger partial charge in [0.15, 0.2) is 0 Å². The van der Waals surface area contributed by atoms with Crippen molar-refractivity contribution in [1.82, 2.24) is 0 Å². The molecule has 2 aromatic carbocycles. The first-order valence-corrected chi connectivity index (χ1v) is 11.4. The Morgan fingerprint density at radius 1 is 0.733 bits per heavy atom. The standard InChI is InChI=1S/C20H22O7S2.Na.H/c1-3-17(13-15-5-9-19(10-6-15)28(21,22)23)27-18(4-2)14-16-7-11-20(12-8-16)29(24,25)26;;/h3-12,17-18H,1-2,13-14H2,(H,21,22,23)(H,24,25,26);;. The van der Waals surface area contributed by atoms with Gasteiger partial charge in [-0.1, -0.05) is 36.4 Å². The molecule has 0 heterocycles. The average Bonchev–Trinajstić information content (AvgIpc) is 2.66. The average molecular weight is 463 g/mol. The molecule has 2 rings (SSSR count). The summed E-state index contributed by atoms with van der Waals surface area (Å²) in [7, 11) is -8.48. The first-order chi connectivity index (χ1) is 13.5. The molecule has 2 N–H and O–H groups in total. The van der Waals surface area contributed by atoms with Crippen molar-refractivity contribution < 1.29 is 30.7 Å². The minimum absolute atomic E-state index is 0. The van der Waals surface area contributed by atoms with Gasteiger partial charge in [0.25, 0.3) is 20.2 Å². The molecule has 0 aliphatic carbocycles. The molecule has 0 saturated carbocycles. The second kappa shape index (κ2) is 11.4. The van der Waals surface area contributed by atoms with E-state index in [0.29, 0.717) is 12.8 Å². The fourth-order valence-corrected chi connectivity index (χ4v) is 3.62. The van der Waals surface area contributed by atoms with Crippen molar-refractivity contribution in [2.75, 3.05) is 0 Å². The van der Waals surface area contributed by atoms with Gasteiger partial charge in [0.1, 0.15) is 0 Å². The Balaban J connectivity index is 0.00000450. The van der Waals surface area contributed by atoms with Crippen molar-refractivity contribution >= 4 is 49.8 Å². The number of hydrogen-bond acceptors (Lipinski definition) is 5. The summed E-state index contributed by atoms with van der Waals surface area (Å²) in [6.45, 7) is 7.51. The van der Waals surface area contributed by atoms with Gasteiger partial charge in [0.2, 0.25) is 0 Å². The van der Waals surface area contributed by atoms with Crippen LogP contribution in [0.2, 0.25) is 0 Å². The molecule has 0 fully saturated rings. The Morgan fingerprint density at radius 3 is 1.27 bits per heavy atom. The zero-order chi connectivity index (χ0) is 21.7. The van der Waals surface area contributed by atoms with Crippen LogP contribution in [0.4, 0.5) is 0 Å². The molecule has 2 unspecified atom stereocenters. The van der Waals surface area contributed by atoms with Crippen LogP contribution in [0, 0.1) is 0 Å². The zero-order valence-corrected chi connectivity index (χ0v) is 17.1. The molecule has 10 heteroatoms. The van der Waals surface area contributed by atoms with Gasteiger partial charge in [-0.2, -0.15) is 16.8 Å². The van der Waals surface area contributed by atoms with Crippen molar-refractivity contribution in [2.24, 2.45) is 0 Å². The molecule has 0 bridgehead atoms. The van der Waals surface area contributed by atoms with Crippen LogP contribution in [-0.4, -0.2) is 67.7 Å². The second-order valence-corrected chi connectivity index (χ2v) is 9.17. The van der Waals surface area contributed by atoms with E-state index in [-0.39, 0.29) is 51.6 Å². The molecule has 0 spiro atoms. The third-order valence-corrected chi connectivity index (χ3v) is 5.93.